The number of nitrogens with zero attached hydrogens (tertiary/aromatic N) is 1. The number of ether oxygens (including phenoxy) is 1. The molecule has 0 unspecified atom stereocenters. The third-order valence-electron chi connectivity index (χ3n) is 6.84. The predicted octanol–water partition coefficient (Wildman–Crippen LogP) is 4.34. The standard InChI is InChI=1S/C25H26N2O3/c1-2-30-24(29)25(15-17-7-4-3-5-8-17)16-18-11-12-22(25)27(18)23(28)20-9-6-10-21-19(20)13-14-26-21/h3-10,13-14,18,22,26H,2,11-12,15-16H2,1H3/t18-,22+,25+/m1/s1. The number of esters is 1. The Morgan fingerprint density at radius 3 is 2.73 bits per heavy atom. The molecule has 154 valence electrons. The molecule has 3 atom stereocenters. The van der Waals surface area contributed by atoms with Crippen LogP contribution in [-0.2, 0) is 16.0 Å². The molecule has 2 aromatic carbocycles. The van der Waals surface area contributed by atoms with E-state index in [-0.39, 0.29) is 24.0 Å². The van der Waals surface area contributed by atoms with Crippen LogP contribution in [-0.4, -0.2) is 40.5 Å². The zero-order valence-electron chi connectivity index (χ0n) is 17.1. The first-order valence-corrected chi connectivity index (χ1v) is 10.7. The van der Waals surface area contributed by atoms with Crippen LogP contribution in [0.3, 0.4) is 0 Å². The quantitative estimate of drug-likeness (QED) is 0.646. The number of hydrogen-bond acceptors (Lipinski definition) is 3. The largest absolute Gasteiger partial charge is 0.465 e. The van der Waals surface area contributed by atoms with E-state index in [1.165, 1.54) is 0 Å². The molecule has 0 aliphatic carbocycles. The van der Waals surface area contributed by atoms with Gasteiger partial charge in [0.1, 0.15) is 0 Å². The summed E-state index contributed by atoms with van der Waals surface area (Å²) in [5, 5.41) is 0.929. The van der Waals surface area contributed by atoms with Gasteiger partial charge in [-0.3, -0.25) is 9.59 Å². The fourth-order valence-corrected chi connectivity index (χ4v) is 5.62. The van der Waals surface area contributed by atoms with Crippen LogP contribution in [0, 0.1) is 5.41 Å². The van der Waals surface area contributed by atoms with Crippen LogP contribution in [0.15, 0.2) is 60.8 Å². The Morgan fingerprint density at radius 1 is 1.10 bits per heavy atom. The van der Waals surface area contributed by atoms with Gasteiger partial charge in [0, 0.05) is 34.7 Å². The van der Waals surface area contributed by atoms with Crippen LogP contribution in [0.5, 0.6) is 0 Å². The van der Waals surface area contributed by atoms with Gasteiger partial charge >= 0.3 is 5.97 Å². The Morgan fingerprint density at radius 2 is 1.93 bits per heavy atom. The van der Waals surface area contributed by atoms with E-state index in [9.17, 15) is 9.59 Å². The summed E-state index contributed by atoms with van der Waals surface area (Å²) >= 11 is 0. The molecule has 0 spiro atoms. The van der Waals surface area contributed by atoms with Crippen molar-refractivity contribution in [3.8, 4) is 0 Å². The number of hydrogen-bond donors (Lipinski definition) is 1. The van der Waals surface area contributed by atoms with Gasteiger partial charge in [0.25, 0.3) is 5.91 Å². The molecule has 2 bridgehead atoms. The first-order chi connectivity index (χ1) is 14.6. The molecule has 30 heavy (non-hydrogen) atoms. The van der Waals surface area contributed by atoms with E-state index in [4.69, 9.17) is 4.74 Å². The maximum Gasteiger partial charge on any atom is 0.314 e. The molecule has 1 N–H and O–H groups in total. The van der Waals surface area contributed by atoms with Gasteiger partial charge in [0.15, 0.2) is 0 Å². The summed E-state index contributed by atoms with van der Waals surface area (Å²) in [5.41, 5.74) is 2.08. The number of fused-ring (bicyclic) bond motifs is 3. The third-order valence-corrected chi connectivity index (χ3v) is 6.84. The van der Waals surface area contributed by atoms with Crippen LogP contribution in [0.1, 0.15) is 42.1 Å². The molecule has 5 nitrogen and oxygen atoms in total. The predicted molar refractivity (Wildman–Crippen MR) is 115 cm³/mol. The number of nitrogens with one attached hydrogen (secondary N) is 1. The van der Waals surface area contributed by atoms with E-state index in [2.05, 4.69) is 17.1 Å². The fourth-order valence-electron chi connectivity index (χ4n) is 5.62. The topological polar surface area (TPSA) is 62.4 Å². The molecule has 3 aromatic rings. The van der Waals surface area contributed by atoms with Gasteiger partial charge < -0.3 is 14.6 Å². The molecule has 0 saturated carbocycles. The Kier molecular flexibility index (Phi) is 4.61. The van der Waals surface area contributed by atoms with Crippen molar-refractivity contribution in [3.05, 3.63) is 71.9 Å². The maximum atomic E-state index is 13.7. The summed E-state index contributed by atoms with van der Waals surface area (Å²) < 4.78 is 5.56. The van der Waals surface area contributed by atoms with Gasteiger partial charge in [-0.25, -0.2) is 0 Å². The number of H-pyrrole nitrogens is 1. The SMILES string of the molecule is CCOC(=O)[C@@]1(Cc2ccccc2)C[C@H]2CC[C@@H]1N2C(=O)c1cccc2[nH]ccc12. The number of benzene rings is 2. The zero-order valence-corrected chi connectivity index (χ0v) is 17.1. The summed E-state index contributed by atoms with van der Waals surface area (Å²) in [6.45, 7) is 2.19. The first kappa shape index (κ1) is 18.9. The number of carbonyl (C=O) groups is 2. The smallest absolute Gasteiger partial charge is 0.314 e. The molecular formula is C25H26N2O3. The third kappa shape index (κ3) is 2.83. The van der Waals surface area contributed by atoms with Crippen LogP contribution in [0.2, 0.25) is 0 Å². The van der Waals surface area contributed by atoms with Crippen molar-refractivity contribution in [3.63, 3.8) is 0 Å². The molecule has 1 amide bonds. The van der Waals surface area contributed by atoms with E-state index in [0.717, 1.165) is 29.3 Å². The minimum Gasteiger partial charge on any atom is -0.465 e. The highest BCUT2D eigenvalue weighted by Crippen LogP contribution is 2.53. The van der Waals surface area contributed by atoms with Gasteiger partial charge in [0.2, 0.25) is 0 Å². The molecular weight excluding hydrogens is 376 g/mol. The zero-order chi connectivity index (χ0) is 20.7. The average molecular weight is 402 g/mol. The lowest BCUT2D eigenvalue weighted by atomic mass is 9.70. The first-order valence-electron chi connectivity index (χ1n) is 10.7. The summed E-state index contributed by atoms with van der Waals surface area (Å²) in [5.74, 6) is -0.148. The molecule has 5 rings (SSSR count). The highest BCUT2D eigenvalue weighted by Gasteiger charge is 2.62. The Labute approximate surface area is 176 Å². The Hall–Kier alpha value is -3.08. The van der Waals surface area contributed by atoms with E-state index in [0.29, 0.717) is 25.0 Å². The van der Waals surface area contributed by atoms with Crippen molar-refractivity contribution in [1.82, 2.24) is 9.88 Å². The van der Waals surface area contributed by atoms with Gasteiger partial charge in [-0.1, -0.05) is 36.4 Å². The van der Waals surface area contributed by atoms with Gasteiger partial charge in [-0.05, 0) is 56.4 Å². The van der Waals surface area contributed by atoms with Crippen LogP contribution < -0.4 is 0 Å². The molecule has 5 heteroatoms. The highest BCUT2D eigenvalue weighted by atomic mass is 16.5. The Bertz CT molecular complexity index is 1090. The number of carbonyl (C=O) groups excluding carboxylic acids is 2. The van der Waals surface area contributed by atoms with Gasteiger partial charge in [-0.2, -0.15) is 0 Å². The van der Waals surface area contributed by atoms with Crippen molar-refractivity contribution >= 4 is 22.8 Å². The van der Waals surface area contributed by atoms with Crippen molar-refractivity contribution in [2.45, 2.75) is 44.7 Å². The number of aromatic nitrogens is 1. The second-order valence-corrected chi connectivity index (χ2v) is 8.45. The minimum absolute atomic E-state index is 0.0203. The monoisotopic (exact) mass is 402 g/mol. The summed E-state index contributed by atoms with van der Waals surface area (Å²) in [6.07, 6.45) is 4.91. The molecule has 2 aliphatic heterocycles. The summed E-state index contributed by atoms with van der Waals surface area (Å²) in [7, 11) is 0. The second kappa shape index (κ2) is 7.31. The fraction of sp³-hybridized carbons (Fsp3) is 0.360. The Balaban J connectivity index is 1.53. The molecule has 2 fully saturated rings. The summed E-state index contributed by atoms with van der Waals surface area (Å²) in [6, 6.07) is 17.7. The van der Waals surface area contributed by atoms with Crippen molar-refractivity contribution < 1.29 is 14.3 Å². The lowest BCUT2D eigenvalue weighted by molar-refractivity contribution is -0.157. The molecule has 3 heterocycles. The molecule has 1 aromatic heterocycles. The second-order valence-electron chi connectivity index (χ2n) is 8.45. The van der Waals surface area contributed by atoms with E-state index in [1.807, 2.05) is 60.5 Å². The van der Waals surface area contributed by atoms with Crippen molar-refractivity contribution in [1.29, 1.82) is 0 Å². The van der Waals surface area contributed by atoms with Crippen LogP contribution in [0.4, 0.5) is 0 Å². The minimum atomic E-state index is -0.679. The van der Waals surface area contributed by atoms with Gasteiger partial charge in [-0.15, -0.1) is 0 Å². The van der Waals surface area contributed by atoms with E-state index >= 15 is 0 Å². The van der Waals surface area contributed by atoms with Crippen molar-refractivity contribution in [2.24, 2.45) is 5.41 Å². The molecule has 0 radical (unpaired) electrons. The molecule has 2 aliphatic rings. The molecule has 2 saturated heterocycles. The highest BCUT2D eigenvalue weighted by molar-refractivity contribution is 6.07. The normalized spacial score (nSPS) is 25.0. The lowest BCUT2D eigenvalue weighted by Gasteiger charge is -2.35. The van der Waals surface area contributed by atoms with Crippen molar-refractivity contribution in [2.75, 3.05) is 6.61 Å². The number of rotatable bonds is 5. The maximum absolute atomic E-state index is 13.7. The number of amides is 1. The number of aromatic amines is 1. The van der Waals surface area contributed by atoms with E-state index < -0.39 is 5.41 Å². The van der Waals surface area contributed by atoms with Crippen LogP contribution >= 0.6 is 0 Å². The van der Waals surface area contributed by atoms with Crippen LogP contribution in [0.25, 0.3) is 10.9 Å². The summed E-state index contributed by atoms with van der Waals surface area (Å²) in [4.78, 5) is 32.1. The lowest BCUT2D eigenvalue weighted by Crippen LogP contribution is -2.47. The van der Waals surface area contributed by atoms with Gasteiger partial charge in [0.05, 0.1) is 12.0 Å². The van der Waals surface area contributed by atoms with E-state index in [1.54, 1.807) is 0 Å². The average Bonchev–Trinajstić information content (AvgIpc) is 3.47.